The van der Waals surface area contributed by atoms with Gasteiger partial charge in [0.25, 0.3) is 5.91 Å². The highest BCUT2D eigenvalue weighted by atomic mass is 16.2. The Bertz CT molecular complexity index is 787. The number of fused-ring (bicyclic) bond motifs is 1. The fraction of sp³-hybridized carbons (Fsp3) is 0.444. The van der Waals surface area contributed by atoms with Gasteiger partial charge in [0.1, 0.15) is 6.04 Å². The summed E-state index contributed by atoms with van der Waals surface area (Å²) in [6.07, 6.45) is 0. The van der Waals surface area contributed by atoms with Gasteiger partial charge in [-0.15, -0.1) is 0 Å². The fourth-order valence-corrected chi connectivity index (χ4v) is 3.40. The molecule has 4 amide bonds. The summed E-state index contributed by atoms with van der Waals surface area (Å²) in [7, 11) is 0. The van der Waals surface area contributed by atoms with Crippen molar-refractivity contribution in [2.75, 3.05) is 31.5 Å². The van der Waals surface area contributed by atoms with E-state index in [9.17, 15) is 14.4 Å². The number of hydrogen-bond donors (Lipinski definition) is 1. The molecule has 2 saturated heterocycles. The molecule has 0 radical (unpaired) electrons. The topological polar surface area (TPSA) is 96.8 Å². The summed E-state index contributed by atoms with van der Waals surface area (Å²) in [6.45, 7) is 5.20. The molecule has 2 heterocycles. The number of hydrogen-bond acceptors (Lipinski definition) is 5. The standard InChI is InChI=1S/C18H21N5O3/c1-3-22-17(25)15-11-21(7-8-23(15)18(22)26)12(2)16(24)20-14-6-4-5-13(9-14)10-19/h4-6,9,12,15H,3,7-8,11H2,1-2H3,(H,20,24)/t12-,15-/m1/s1. The number of likely N-dealkylation sites (N-methyl/N-ethyl adjacent to an activating group) is 1. The van der Waals surface area contributed by atoms with Crippen molar-refractivity contribution >= 4 is 23.5 Å². The van der Waals surface area contributed by atoms with Crippen molar-refractivity contribution in [1.82, 2.24) is 14.7 Å². The summed E-state index contributed by atoms with van der Waals surface area (Å²) < 4.78 is 0. The fourth-order valence-electron chi connectivity index (χ4n) is 3.40. The van der Waals surface area contributed by atoms with Crippen molar-refractivity contribution in [3.05, 3.63) is 29.8 Å². The summed E-state index contributed by atoms with van der Waals surface area (Å²) in [6, 6.07) is 7.53. The van der Waals surface area contributed by atoms with Crippen molar-refractivity contribution < 1.29 is 14.4 Å². The maximum absolute atomic E-state index is 12.6. The van der Waals surface area contributed by atoms with Crippen LogP contribution in [-0.2, 0) is 9.59 Å². The van der Waals surface area contributed by atoms with Crippen LogP contribution in [-0.4, -0.2) is 70.8 Å². The normalized spacial score (nSPS) is 21.3. The van der Waals surface area contributed by atoms with E-state index >= 15 is 0 Å². The number of nitrogens with zero attached hydrogens (tertiary/aromatic N) is 4. The van der Waals surface area contributed by atoms with Gasteiger partial charge in [-0.1, -0.05) is 6.07 Å². The Morgan fingerprint density at radius 1 is 1.38 bits per heavy atom. The van der Waals surface area contributed by atoms with Crippen LogP contribution in [0.2, 0.25) is 0 Å². The van der Waals surface area contributed by atoms with Gasteiger partial charge in [-0.25, -0.2) is 4.79 Å². The number of piperazine rings is 1. The number of carbonyl (C=O) groups is 3. The Morgan fingerprint density at radius 2 is 2.15 bits per heavy atom. The second kappa shape index (κ2) is 7.14. The Kier molecular flexibility index (Phi) is 4.91. The van der Waals surface area contributed by atoms with E-state index in [1.54, 1.807) is 43.0 Å². The van der Waals surface area contributed by atoms with Crippen LogP contribution in [0.3, 0.4) is 0 Å². The Labute approximate surface area is 152 Å². The molecule has 0 aliphatic carbocycles. The number of benzene rings is 1. The number of carbonyl (C=O) groups excluding carboxylic acids is 3. The Hall–Kier alpha value is -2.92. The van der Waals surface area contributed by atoms with E-state index in [0.29, 0.717) is 37.4 Å². The molecular formula is C18H21N5O3. The van der Waals surface area contributed by atoms with E-state index in [0.717, 1.165) is 0 Å². The summed E-state index contributed by atoms with van der Waals surface area (Å²) in [4.78, 5) is 41.9. The second-order valence-electron chi connectivity index (χ2n) is 6.43. The van der Waals surface area contributed by atoms with E-state index in [1.807, 2.05) is 11.0 Å². The van der Waals surface area contributed by atoms with E-state index in [-0.39, 0.29) is 17.8 Å². The zero-order valence-corrected chi connectivity index (χ0v) is 14.8. The first kappa shape index (κ1) is 17.9. The molecule has 2 atom stereocenters. The van der Waals surface area contributed by atoms with E-state index < -0.39 is 12.1 Å². The Morgan fingerprint density at radius 3 is 2.85 bits per heavy atom. The minimum absolute atomic E-state index is 0.198. The first-order valence-corrected chi connectivity index (χ1v) is 8.63. The summed E-state index contributed by atoms with van der Waals surface area (Å²) >= 11 is 0. The van der Waals surface area contributed by atoms with E-state index in [4.69, 9.17) is 5.26 Å². The van der Waals surface area contributed by atoms with Gasteiger partial charge >= 0.3 is 6.03 Å². The highest BCUT2D eigenvalue weighted by molar-refractivity contribution is 6.04. The number of anilines is 1. The molecule has 0 aromatic heterocycles. The molecule has 3 rings (SSSR count). The van der Waals surface area contributed by atoms with Crippen LogP contribution >= 0.6 is 0 Å². The molecule has 2 fully saturated rings. The van der Waals surface area contributed by atoms with Gasteiger partial charge in [-0.2, -0.15) is 5.26 Å². The molecule has 8 heteroatoms. The van der Waals surface area contributed by atoms with Crippen LogP contribution in [0.5, 0.6) is 0 Å². The molecule has 0 unspecified atom stereocenters. The minimum Gasteiger partial charge on any atom is -0.325 e. The lowest BCUT2D eigenvalue weighted by Crippen LogP contribution is -2.57. The van der Waals surface area contributed by atoms with Crippen molar-refractivity contribution in [2.45, 2.75) is 25.9 Å². The summed E-state index contributed by atoms with van der Waals surface area (Å²) in [5, 5.41) is 11.8. The molecule has 0 spiro atoms. The number of imide groups is 1. The minimum atomic E-state index is -0.520. The van der Waals surface area contributed by atoms with Gasteiger partial charge in [0.2, 0.25) is 5.91 Å². The maximum atomic E-state index is 12.6. The lowest BCUT2D eigenvalue weighted by Gasteiger charge is -2.38. The predicted octanol–water partition coefficient (Wildman–Crippen LogP) is 0.854. The van der Waals surface area contributed by atoms with Crippen molar-refractivity contribution in [1.29, 1.82) is 5.26 Å². The molecule has 2 aliphatic rings. The van der Waals surface area contributed by atoms with Crippen LogP contribution in [0.1, 0.15) is 19.4 Å². The highest BCUT2D eigenvalue weighted by Crippen LogP contribution is 2.23. The lowest BCUT2D eigenvalue weighted by molar-refractivity contribution is -0.131. The van der Waals surface area contributed by atoms with Crippen molar-refractivity contribution in [3.8, 4) is 6.07 Å². The highest BCUT2D eigenvalue weighted by Gasteiger charge is 2.47. The number of urea groups is 1. The van der Waals surface area contributed by atoms with Crippen LogP contribution in [0.15, 0.2) is 24.3 Å². The first-order valence-electron chi connectivity index (χ1n) is 8.63. The monoisotopic (exact) mass is 355 g/mol. The third kappa shape index (κ3) is 3.13. The van der Waals surface area contributed by atoms with Crippen LogP contribution in [0, 0.1) is 11.3 Å². The van der Waals surface area contributed by atoms with Crippen LogP contribution in [0.25, 0.3) is 0 Å². The van der Waals surface area contributed by atoms with E-state index in [2.05, 4.69) is 5.32 Å². The second-order valence-corrected chi connectivity index (χ2v) is 6.43. The molecule has 8 nitrogen and oxygen atoms in total. The van der Waals surface area contributed by atoms with E-state index in [1.165, 1.54) is 4.90 Å². The number of rotatable bonds is 4. The molecule has 2 aliphatic heterocycles. The third-order valence-electron chi connectivity index (χ3n) is 4.94. The smallest absolute Gasteiger partial charge is 0.325 e. The maximum Gasteiger partial charge on any atom is 0.327 e. The molecule has 0 saturated carbocycles. The molecule has 26 heavy (non-hydrogen) atoms. The molecule has 0 bridgehead atoms. The molecule has 1 aromatic carbocycles. The third-order valence-corrected chi connectivity index (χ3v) is 4.94. The number of amides is 4. The van der Waals surface area contributed by atoms with Crippen LogP contribution < -0.4 is 5.32 Å². The van der Waals surface area contributed by atoms with Crippen LogP contribution in [0.4, 0.5) is 10.5 Å². The SMILES string of the molecule is CCN1C(=O)[C@H]2CN([C@H](C)C(=O)Nc3cccc(C#N)c3)CCN2C1=O. The lowest BCUT2D eigenvalue weighted by atomic mass is 10.1. The van der Waals surface area contributed by atoms with Crippen molar-refractivity contribution in [3.63, 3.8) is 0 Å². The van der Waals surface area contributed by atoms with Gasteiger partial charge < -0.3 is 10.2 Å². The van der Waals surface area contributed by atoms with Gasteiger partial charge in [0.15, 0.2) is 0 Å². The number of nitriles is 1. The summed E-state index contributed by atoms with van der Waals surface area (Å²) in [5.41, 5.74) is 1.03. The van der Waals surface area contributed by atoms with Gasteiger partial charge in [0.05, 0.1) is 17.7 Å². The van der Waals surface area contributed by atoms with Crippen molar-refractivity contribution in [2.24, 2.45) is 0 Å². The molecule has 1 aromatic rings. The molecule has 1 N–H and O–H groups in total. The zero-order valence-electron chi connectivity index (χ0n) is 14.8. The largest absolute Gasteiger partial charge is 0.327 e. The van der Waals surface area contributed by atoms with Gasteiger partial charge in [-0.05, 0) is 32.0 Å². The van der Waals surface area contributed by atoms with Gasteiger partial charge in [-0.3, -0.25) is 19.4 Å². The molecule has 136 valence electrons. The first-order chi connectivity index (χ1) is 12.5. The molecular weight excluding hydrogens is 334 g/mol. The quantitative estimate of drug-likeness (QED) is 0.808. The average molecular weight is 355 g/mol. The zero-order chi connectivity index (χ0) is 18.8. The summed E-state index contributed by atoms with van der Waals surface area (Å²) in [5.74, 6) is -0.408. The Balaban J connectivity index is 1.66. The number of nitrogens with one attached hydrogen (secondary N) is 1. The average Bonchev–Trinajstić information content (AvgIpc) is 2.90. The predicted molar refractivity (Wildman–Crippen MR) is 94.1 cm³/mol. The van der Waals surface area contributed by atoms with Gasteiger partial charge in [0, 0.05) is 31.9 Å².